The Morgan fingerprint density at radius 3 is 1.96 bits per heavy atom. The van der Waals surface area contributed by atoms with Gasteiger partial charge in [-0.15, -0.1) is 0 Å². The zero-order valence-corrected chi connectivity index (χ0v) is 12.2. The van der Waals surface area contributed by atoms with Gasteiger partial charge in [0.15, 0.2) is 17.4 Å². The van der Waals surface area contributed by atoms with E-state index in [2.05, 4.69) is 4.74 Å². The van der Waals surface area contributed by atoms with Crippen LogP contribution in [0, 0.1) is 23.3 Å². The molecule has 0 spiro atoms. The first-order valence-corrected chi connectivity index (χ1v) is 7.52. The predicted octanol–water partition coefficient (Wildman–Crippen LogP) is 3.65. The Balaban J connectivity index is 2.61. The van der Waals surface area contributed by atoms with Crippen LogP contribution < -0.4 is 9.46 Å². The molecule has 0 radical (unpaired) electrons. The Bertz CT molecular complexity index is 858. The van der Waals surface area contributed by atoms with Gasteiger partial charge in [-0.05, 0) is 12.1 Å². The molecule has 0 aliphatic carbocycles. The summed E-state index contributed by atoms with van der Waals surface area (Å²) in [5.41, 5.74) is -1.62. The molecule has 2 aromatic carbocycles. The minimum absolute atomic E-state index is 0.461. The van der Waals surface area contributed by atoms with E-state index in [0.717, 1.165) is 12.1 Å². The zero-order chi connectivity index (χ0) is 18.1. The van der Waals surface area contributed by atoms with Gasteiger partial charge in [0.25, 0.3) is 10.0 Å². The second-order valence-corrected chi connectivity index (χ2v) is 5.94. The highest BCUT2D eigenvalue weighted by molar-refractivity contribution is 7.92. The Kier molecular flexibility index (Phi) is 4.92. The molecule has 4 nitrogen and oxygen atoms in total. The Morgan fingerprint density at radius 1 is 0.875 bits per heavy atom. The van der Waals surface area contributed by atoms with E-state index in [1.54, 1.807) is 0 Å². The molecular formula is C13H7F6NO3S. The standard InChI is InChI=1S/C13H7F6NO3S/c14-7-8(15)10(17)12(23-13(18)19)11(9(7)16)20-24(21,22)6-4-2-1-3-5-6/h1-5,13,20H. The SMILES string of the molecule is O=S(=O)(Nc1c(F)c(F)c(F)c(F)c1OC(F)F)c1ccccc1. The molecule has 0 amide bonds. The lowest BCUT2D eigenvalue weighted by atomic mass is 10.2. The molecule has 24 heavy (non-hydrogen) atoms. The van der Waals surface area contributed by atoms with Crippen molar-refractivity contribution in [2.45, 2.75) is 11.5 Å². The van der Waals surface area contributed by atoms with Gasteiger partial charge in [-0.1, -0.05) is 18.2 Å². The summed E-state index contributed by atoms with van der Waals surface area (Å²) in [6.45, 7) is -3.75. The van der Waals surface area contributed by atoms with Crippen molar-refractivity contribution in [3.05, 3.63) is 53.6 Å². The molecule has 0 heterocycles. The summed E-state index contributed by atoms with van der Waals surface area (Å²) in [6, 6.07) is 6.11. The van der Waals surface area contributed by atoms with E-state index in [1.807, 2.05) is 0 Å². The van der Waals surface area contributed by atoms with E-state index in [4.69, 9.17) is 0 Å². The summed E-state index contributed by atoms with van der Waals surface area (Å²) in [7, 11) is -4.61. The maximum Gasteiger partial charge on any atom is 0.387 e. The Labute approximate surface area is 131 Å². The quantitative estimate of drug-likeness (QED) is 0.496. The minimum atomic E-state index is -4.61. The largest absolute Gasteiger partial charge is 0.429 e. The van der Waals surface area contributed by atoms with Crippen LogP contribution in [0.15, 0.2) is 35.2 Å². The van der Waals surface area contributed by atoms with E-state index in [-0.39, 0.29) is 0 Å². The topological polar surface area (TPSA) is 55.4 Å². The monoisotopic (exact) mass is 371 g/mol. The van der Waals surface area contributed by atoms with Crippen LogP contribution in [0.5, 0.6) is 5.75 Å². The maximum atomic E-state index is 13.8. The first-order chi connectivity index (χ1) is 11.1. The normalized spacial score (nSPS) is 11.6. The van der Waals surface area contributed by atoms with Gasteiger partial charge in [-0.2, -0.15) is 13.2 Å². The van der Waals surface area contributed by atoms with Crippen LogP contribution in [0.1, 0.15) is 0 Å². The molecule has 11 heteroatoms. The van der Waals surface area contributed by atoms with Gasteiger partial charge < -0.3 is 4.74 Å². The second kappa shape index (κ2) is 6.59. The lowest BCUT2D eigenvalue weighted by Crippen LogP contribution is -2.18. The molecule has 0 fully saturated rings. The fourth-order valence-corrected chi connectivity index (χ4v) is 2.78. The van der Waals surface area contributed by atoms with Crippen LogP contribution in [0.4, 0.5) is 32.0 Å². The fourth-order valence-electron chi connectivity index (χ4n) is 1.70. The number of sulfonamides is 1. The number of halogens is 6. The zero-order valence-electron chi connectivity index (χ0n) is 11.4. The second-order valence-electron chi connectivity index (χ2n) is 4.26. The van der Waals surface area contributed by atoms with Gasteiger partial charge in [0.05, 0.1) is 4.90 Å². The van der Waals surface area contributed by atoms with E-state index < -0.39 is 56.2 Å². The number of benzene rings is 2. The number of nitrogens with one attached hydrogen (secondary N) is 1. The molecule has 2 aromatic rings. The summed E-state index contributed by atoms with van der Waals surface area (Å²) in [4.78, 5) is -0.461. The molecule has 0 aromatic heterocycles. The lowest BCUT2D eigenvalue weighted by Gasteiger charge is -2.15. The smallest absolute Gasteiger partial charge is 0.387 e. The average Bonchev–Trinajstić information content (AvgIpc) is 2.54. The summed E-state index contributed by atoms with van der Waals surface area (Å²) in [5, 5.41) is 0. The molecule has 0 aliphatic rings. The van der Waals surface area contributed by atoms with Crippen molar-refractivity contribution < 1.29 is 39.5 Å². The van der Waals surface area contributed by atoms with Gasteiger partial charge >= 0.3 is 6.61 Å². The molecule has 1 N–H and O–H groups in total. The van der Waals surface area contributed by atoms with Crippen LogP contribution in [-0.4, -0.2) is 15.0 Å². The minimum Gasteiger partial charge on any atom is -0.429 e. The summed E-state index contributed by atoms with van der Waals surface area (Å²) < 4.78 is 107. The molecule has 2 rings (SSSR count). The third-order valence-corrected chi connectivity index (χ3v) is 4.09. The van der Waals surface area contributed by atoms with Crippen molar-refractivity contribution >= 4 is 15.7 Å². The van der Waals surface area contributed by atoms with E-state index in [9.17, 15) is 34.8 Å². The number of hydrogen-bond donors (Lipinski definition) is 1. The van der Waals surface area contributed by atoms with Crippen LogP contribution in [0.3, 0.4) is 0 Å². The van der Waals surface area contributed by atoms with E-state index in [1.165, 1.54) is 22.9 Å². The number of alkyl halides is 2. The third-order valence-electron chi connectivity index (χ3n) is 2.72. The first kappa shape index (κ1) is 17.9. The molecule has 0 atom stereocenters. The van der Waals surface area contributed by atoms with Crippen LogP contribution in [-0.2, 0) is 10.0 Å². The van der Waals surface area contributed by atoms with Gasteiger partial charge in [0.2, 0.25) is 11.6 Å². The number of ether oxygens (including phenoxy) is 1. The Morgan fingerprint density at radius 2 is 1.42 bits per heavy atom. The molecule has 0 saturated heterocycles. The number of hydrogen-bond acceptors (Lipinski definition) is 3. The lowest BCUT2D eigenvalue weighted by molar-refractivity contribution is -0.0522. The maximum absolute atomic E-state index is 13.8. The van der Waals surface area contributed by atoms with Gasteiger partial charge in [-0.3, -0.25) is 4.72 Å². The number of rotatable bonds is 5. The first-order valence-electron chi connectivity index (χ1n) is 6.03. The van der Waals surface area contributed by atoms with Crippen LogP contribution in [0.25, 0.3) is 0 Å². The summed E-state index contributed by atoms with van der Waals surface area (Å²) >= 11 is 0. The van der Waals surface area contributed by atoms with E-state index in [0.29, 0.717) is 0 Å². The van der Waals surface area contributed by atoms with Crippen molar-refractivity contribution in [3.63, 3.8) is 0 Å². The van der Waals surface area contributed by atoms with Gasteiger partial charge in [-0.25, -0.2) is 21.6 Å². The highest BCUT2D eigenvalue weighted by Gasteiger charge is 2.31. The predicted molar refractivity (Wildman–Crippen MR) is 70.2 cm³/mol. The van der Waals surface area contributed by atoms with Crippen molar-refractivity contribution in [3.8, 4) is 5.75 Å². The molecule has 0 saturated carbocycles. The fraction of sp³-hybridized carbons (Fsp3) is 0.0769. The van der Waals surface area contributed by atoms with Crippen molar-refractivity contribution in [1.29, 1.82) is 0 Å². The van der Waals surface area contributed by atoms with E-state index >= 15 is 0 Å². The molecular weight excluding hydrogens is 364 g/mol. The molecule has 0 unspecified atom stereocenters. The third kappa shape index (κ3) is 3.40. The average molecular weight is 371 g/mol. The highest BCUT2D eigenvalue weighted by atomic mass is 32.2. The Hall–Kier alpha value is -2.43. The van der Waals surface area contributed by atoms with Crippen LogP contribution >= 0.6 is 0 Å². The highest BCUT2D eigenvalue weighted by Crippen LogP contribution is 2.37. The molecule has 0 bridgehead atoms. The summed E-state index contributed by atoms with van der Waals surface area (Å²) in [6.07, 6.45) is 0. The van der Waals surface area contributed by atoms with Crippen LogP contribution in [0.2, 0.25) is 0 Å². The van der Waals surface area contributed by atoms with Crippen molar-refractivity contribution in [2.24, 2.45) is 0 Å². The molecule has 130 valence electrons. The van der Waals surface area contributed by atoms with Crippen molar-refractivity contribution in [2.75, 3.05) is 4.72 Å². The number of anilines is 1. The van der Waals surface area contributed by atoms with Crippen molar-refractivity contribution in [1.82, 2.24) is 0 Å². The summed E-state index contributed by atoms with van der Waals surface area (Å²) in [5.74, 6) is -11.2. The van der Waals surface area contributed by atoms with Gasteiger partial charge in [0, 0.05) is 0 Å². The van der Waals surface area contributed by atoms with Gasteiger partial charge in [0.1, 0.15) is 5.69 Å². The molecule has 0 aliphatic heterocycles.